The Kier molecular flexibility index (Phi) is 4.26. The SMILES string of the molecule is Fc1cc(Br)ccc1CNCCc1nnc2ccccn12. The van der Waals surface area contributed by atoms with Crippen LogP contribution >= 0.6 is 15.9 Å². The van der Waals surface area contributed by atoms with Gasteiger partial charge in [0.1, 0.15) is 11.6 Å². The average Bonchev–Trinajstić information content (AvgIpc) is 2.89. The molecular weight excluding hydrogens is 335 g/mol. The van der Waals surface area contributed by atoms with E-state index in [-0.39, 0.29) is 5.82 Å². The molecule has 1 aromatic carbocycles. The van der Waals surface area contributed by atoms with Gasteiger partial charge in [0.05, 0.1) is 0 Å². The van der Waals surface area contributed by atoms with E-state index in [1.807, 2.05) is 34.9 Å². The molecule has 0 aliphatic carbocycles. The number of rotatable bonds is 5. The van der Waals surface area contributed by atoms with E-state index >= 15 is 0 Å². The van der Waals surface area contributed by atoms with Crippen LogP contribution in [0.25, 0.3) is 5.65 Å². The highest BCUT2D eigenvalue weighted by atomic mass is 79.9. The fraction of sp³-hybridized carbons (Fsp3) is 0.200. The second kappa shape index (κ2) is 6.32. The number of aromatic nitrogens is 3. The first-order chi connectivity index (χ1) is 10.2. The number of nitrogens with one attached hydrogen (secondary N) is 1. The van der Waals surface area contributed by atoms with Gasteiger partial charge in [-0.2, -0.15) is 0 Å². The maximum Gasteiger partial charge on any atom is 0.160 e. The molecule has 2 heterocycles. The lowest BCUT2D eigenvalue weighted by Gasteiger charge is -2.06. The van der Waals surface area contributed by atoms with Crippen LogP contribution in [-0.2, 0) is 13.0 Å². The summed E-state index contributed by atoms with van der Waals surface area (Å²) in [6.45, 7) is 1.21. The highest BCUT2D eigenvalue weighted by molar-refractivity contribution is 9.10. The zero-order chi connectivity index (χ0) is 14.7. The normalized spacial score (nSPS) is 11.1. The van der Waals surface area contributed by atoms with Crippen molar-refractivity contribution in [3.05, 3.63) is 64.3 Å². The number of fused-ring (bicyclic) bond motifs is 1. The number of pyridine rings is 1. The Morgan fingerprint density at radius 2 is 2.10 bits per heavy atom. The molecule has 1 N–H and O–H groups in total. The van der Waals surface area contributed by atoms with Crippen molar-refractivity contribution in [3.63, 3.8) is 0 Å². The van der Waals surface area contributed by atoms with Gasteiger partial charge in [-0.15, -0.1) is 10.2 Å². The summed E-state index contributed by atoms with van der Waals surface area (Å²) in [6.07, 6.45) is 2.68. The molecule has 21 heavy (non-hydrogen) atoms. The molecule has 0 aliphatic rings. The summed E-state index contributed by atoms with van der Waals surface area (Å²) in [5, 5.41) is 11.5. The van der Waals surface area contributed by atoms with Crippen molar-refractivity contribution in [1.82, 2.24) is 19.9 Å². The molecule has 0 atom stereocenters. The Balaban J connectivity index is 1.57. The fourth-order valence-electron chi connectivity index (χ4n) is 2.15. The van der Waals surface area contributed by atoms with Crippen LogP contribution in [-0.4, -0.2) is 21.1 Å². The first-order valence-electron chi connectivity index (χ1n) is 6.67. The van der Waals surface area contributed by atoms with Crippen LogP contribution < -0.4 is 5.32 Å². The molecule has 6 heteroatoms. The molecule has 0 unspecified atom stereocenters. The van der Waals surface area contributed by atoms with Crippen molar-refractivity contribution in [2.24, 2.45) is 0 Å². The van der Waals surface area contributed by atoms with Crippen LogP contribution in [0.4, 0.5) is 4.39 Å². The monoisotopic (exact) mass is 348 g/mol. The molecule has 0 radical (unpaired) electrons. The minimum atomic E-state index is -0.204. The zero-order valence-corrected chi connectivity index (χ0v) is 12.8. The van der Waals surface area contributed by atoms with Crippen LogP contribution in [0.2, 0.25) is 0 Å². The molecule has 0 amide bonds. The summed E-state index contributed by atoms with van der Waals surface area (Å²) in [7, 11) is 0. The average molecular weight is 349 g/mol. The van der Waals surface area contributed by atoms with Crippen molar-refractivity contribution in [3.8, 4) is 0 Å². The Morgan fingerprint density at radius 3 is 2.95 bits per heavy atom. The van der Waals surface area contributed by atoms with E-state index in [0.29, 0.717) is 18.7 Å². The third kappa shape index (κ3) is 3.28. The summed E-state index contributed by atoms with van der Waals surface area (Å²) < 4.78 is 16.4. The number of nitrogens with zero attached hydrogens (tertiary/aromatic N) is 3. The van der Waals surface area contributed by atoms with Gasteiger partial charge in [0.25, 0.3) is 0 Å². The van der Waals surface area contributed by atoms with Crippen molar-refractivity contribution >= 4 is 21.6 Å². The molecule has 0 spiro atoms. The van der Waals surface area contributed by atoms with E-state index in [4.69, 9.17) is 0 Å². The zero-order valence-electron chi connectivity index (χ0n) is 11.3. The van der Waals surface area contributed by atoms with E-state index in [2.05, 4.69) is 31.4 Å². The number of halogens is 2. The van der Waals surface area contributed by atoms with Crippen molar-refractivity contribution in [2.45, 2.75) is 13.0 Å². The third-order valence-corrected chi connectivity index (χ3v) is 3.73. The lowest BCUT2D eigenvalue weighted by Crippen LogP contribution is -2.18. The van der Waals surface area contributed by atoms with Crippen LogP contribution in [0.15, 0.2) is 47.1 Å². The lowest BCUT2D eigenvalue weighted by atomic mass is 10.2. The smallest absolute Gasteiger partial charge is 0.160 e. The molecule has 4 nitrogen and oxygen atoms in total. The molecule has 2 aromatic heterocycles. The first kappa shape index (κ1) is 14.2. The Morgan fingerprint density at radius 1 is 1.19 bits per heavy atom. The van der Waals surface area contributed by atoms with Gasteiger partial charge in [-0.1, -0.05) is 28.1 Å². The standard InChI is InChI=1S/C15H14BrFN4/c16-12-5-4-11(13(17)9-12)10-18-7-6-15-20-19-14-3-1-2-8-21(14)15/h1-5,8-9,18H,6-7,10H2. The molecule has 0 bridgehead atoms. The number of benzene rings is 1. The predicted octanol–water partition coefficient (Wildman–Crippen LogP) is 2.96. The first-order valence-corrected chi connectivity index (χ1v) is 7.46. The number of hydrogen-bond donors (Lipinski definition) is 1. The van der Waals surface area contributed by atoms with E-state index in [9.17, 15) is 4.39 Å². The largest absolute Gasteiger partial charge is 0.312 e. The maximum atomic E-state index is 13.7. The minimum Gasteiger partial charge on any atom is -0.312 e. The van der Waals surface area contributed by atoms with Crippen molar-refractivity contribution < 1.29 is 4.39 Å². The summed E-state index contributed by atoms with van der Waals surface area (Å²) in [6, 6.07) is 10.9. The quantitative estimate of drug-likeness (QED) is 0.720. The highest BCUT2D eigenvalue weighted by Crippen LogP contribution is 2.15. The summed E-state index contributed by atoms with van der Waals surface area (Å²) in [4.78, 5) is 0. The van der Waals surface area contributed by atoms with Crippen molar-refractivity contribution in [2.75, 3.05) is 6.54 Å². The topological polar surface area (TPSA) is 42.2 Å². The van der Waals surface area contributed by atoms with Gasteiger partial charge in [0, 0.05) is 35.7 Å². The minimum absolute atomic E-state index is 0.204. The van der Waals surface area contributed by atoms with E-state index < -0.39 is 0 Å². The molecular formula is C15H14BrFN4. The van der Waals surface area contributed by atoms with Gasteiger partial charge in [0.15, 0.2) is 5.65 Å². The van der Waals surface area contributed by atoms with E-state index in [1.165, 1.54) is 6.07 Å². The summed E-state index contributed by atoms with van der Waals surface area (Å²) in [5.41, 5.74) is 1.50. The van der Waals surface area contributed by atoms with Gasteiger partial charge < -0.3 is 5.32 Å². The Hall–Kier alpha value is -1.79. The fourth-order valence-corrected chi connectivity index (χ4v) is 2.48. The van der Waals surface area contributed by atoms with E-state index in [1.54, 1.807) is 6.07 Å². The molecule has 108 valence electrons. The van der Waals surface area contributed by atoms with Gasteiger partial charge in [-0.3, -0.25) is 4.40 Å². The maximum absolute atomic E-state index is 13.7. The van der Waals surface area contributed by atoms with Gasteiger partial charge >= 0.3 is 0 Å². The van der Waals surface area contributed by atoms with Gasteiger partial charge in [0.2, 0.25) is 0 Å². The van der Waals surface area contributed by atoms with Crippen LogP contribution in [0, 0.1) is 5.82 Å². The summed E-state index contributed by atoms with van der Waals surface area (Å²) in [5.74, 6) is 0.694. The molecule has 0 saturated heterocycles. The second-order valence-electron chi connectivity index (χ2n) is 4.71. The lowest BCUT2D eigenvalue weighted by molar-refractivity contribution is 0.585. The molecule has 0 aliphatic heterocycles. The summed E-state index contributed by atoms with van der Waals surface area (Å²) >= 11 is 3.25. The van der Waals surface area contributed by atoms with Crippen LogP contribution in [0.1, 0.15) is 11.4 Å². The van der Waals surface area contributed by atoms with Crippen LogP contribution in [0.5, 0.6) is 0 Å². The second-order valence-corrected chi connectivity index (χ2v) is 5.62. The van der Waals surface area contributed by atoms with Gasteiger partial charge in [-0.25, -0.2) is 4.39 Å². The molecule has 3 aromatic rings. The highest BCUT2D eigenvalue weighted by Gasteiger charge is 2.05. The molecule has 0 saturated carbocycles. The van der Waals surface area contributed by atoms with E-state index in [0.717, 1.165) is 22.4 Å². The molecule has 0 fully saturated rings. The van der Waals surface area contributed by atoms with Crippen LogP contribution in [0.3, 0.4) is 0 Å². The van der Waals surface area contributed by atoms with Crippen molar-refractivity contribution in [1.29, 1.82) is 0 Å². The number of hydrogen-bond acceptors (Lipinski definition) is 3. The Bertz CT molecular complexity index is 756. The Labute approximate surface area is 130 Å². The van der Waals surface area contributed by atoms with Gasteiger partial charge in [-0.05, 0) is 24.3 Å². The molecule has 3 rings (SSSR count). The third-order valence-electron chi connectivity index (χ3n) is 3.24. The predicted molar refractivity (Wildman–Crippen MR) is 82.5 cm³/mol.